The van der Waals surface area contributed by atoms with Gasteiger partial charge in [0.2, 0.25) is 23.6 Å². The maximum atomic E-state index is 14.5. The van der Waals surface area contributed by atoms with E-state index in [-0.39, 0.29) is 54.3 Å². The van der Waals surface area contributed by atoms with Crippen molar-refractivity contribution in [3.63, 3.8) is 0 Å². The molecule has 0 aromatic rings. The molecule has 314 valence electrons. The molecule has 4 aliphatic heterocycles. The Morgan fingerprint density at radius 2 is 1.35 bits per heavy atom. The van der Waals surface area contributed by atoms with E-state index in [1.54, 1.807) is 14.7 Å². The fourth-order valence-electron chi connectivity index (χ4n) is 8.90. The normalized spacial score (nSPS) is 27.0. The van der Waals surface area contributed by atoms with Crippen LogP contribution in [0, 0.1) is 11.3 Å². The Bertz CT molecular complexity index is 1380. The van der Waals surface area contributed by atoms with Gasteiger partial charge in [-0.2, -0.15) is 0 Å². The third kappa shape index (κ3) is 11.4. The van der Waals surface area contributed by atoms with Gasteiger partial charge in [0.05, 0.1) is 23.8 Å². The Morgan fingerprint density at radius 1 is 0.745 bits per heavy atom. The molecule has 13 nitrogen and oxygen atoms in total. The Labute approximate surface area is 331 Å². The summed E-state index contributed by atoms with van der Waals surface area (Å²) in [6.45, 7) is 24.3. The lowest BCUT2D eigenvalue weighted by molar-refractivity contribution is -0.164. The van der Waals surface area contributed by atoms with Crippen molar-refractivity contribution < 1.29 is 33.4 Å². The van der Waals surface area contributed by atoms with Gasteiger partial charge in [-0.3, -0.25) is 29.0 Å². The number of ether oxygens (including phenoxy) is 2. The van der Waals surface area contributed by atoms with E-state index in [0.29, 0.717) is 45.3 Å². The summed E-state index contributed by atoms with van der Waals surface area (Å²) in [5, 5.41) is 3.14. The maximum Gasteiger partial charge on any atom is 0.329 e. The van der Waals surface area contributed by atoms with Crippen LogP contribution in [0.15, 0.2) is 0 Å². The van der Waals surface area contributed by atoms with Crippen molar-refractivity contribution in [2.24, 2.45) is 11.3 Å². The van der Waals surface area contributed by atoms with E-state index < -0.39 is 46.8 Å². The molecule has 4 heterocycles. The largest absolute Gasteiger partial charge is 0.458 e. The van der Waals surface area contributed by atoms with E-state index in [4.69, 9.17) is 9.47 Å². The quantitative estimate of drug-likeness (QED) is 0.309. The van der Waals surface area contributed by atoms with Crippen molar-refractivity contribution in [3.8, 4) is 0 Å². The highest BCUT2D eigenvalue weighted by atomic mass is 16.6. The van der Waals surface area contributed by atoms with Crippen LogP contribution in [0.4, 0.5) is 0 Å². The molecule has 0 bridgehead atoms. The molecule has 4 fully saturated rings. The van der Waals surface area contributed by atoms with Crippen molar-refractivity contribution in [1.29, 1.82) is 0 Å². The lowest BCUT2D eigenvalue weighted by atomic mass is 9.84. The lowest BCUT2D eigenvalue weighted by Crippen LogP contribution is -2.61. The molecule has 4 saturated heterocycles. The molecule has 0 spiro atoms. The number of rotatable bonds is 11. The maximum absolute atomic E-state index is 14.5. The summed E-state index contributed by atoms with van der Waals surface area (Å²) in [6, 6.07) is -3.05. The second kappa shape index (κ2) is 17.8. The van der Waals surface area contributed by atoms with Crippen molar-refractivity contribution in [2.45, 2.75) is 181 Å². The summed E-state index contributed by atoms with van der Waals surface area (Å²) in [4.78, 5) is 79.6. The number of piperidine rings is 1. The van der Waals surface area contributed by atoms with Crippen molar-refractivity contribution in [3.05, 3.63) is 0 Å². The summed E-state index contributed by atoms with van der Waals surface area (Å²) >= 11 is 0. The van der Waals surface area contributed by atoms with E-state index in [2.05, 4.69) is 29.0 Å². The smallest absolute Gasteiger partial charge is 0.329 e. The predicted molar refractivity (Wildman–Crippen MR) is 213 cm³/mol. The number of hydrogen-bond acceptors (Lipinski definition) is 9. The number of nitrogens with one attached hydrogen (secondary N) is 1. The van der Waals surface area contributed by atoms with Crippen LogP contribution in [-0.4, -0.2) is 154 Å². The molecule has 4 amide bonds. The molecule has 13 heteroatoms. The first-order valence-corrected chi connectivity index (χ1v) is 20.9. The summed E-state index contributed by atoms with van der Waals surface area (Å²) < 4.78 is 12.0. The number of nitrogens with zero attached hydrogens (tertiary/aromatic N) is 5. The zero-order valence-electron chi connectivity index (χ0n) is 36.4. The lowest BCUT2D eigenvalue weighted by Gasteiger charge is -2.41. The van der Waals surface area contributed by atoms with Gasteiger partial charge < -0.3 is 29.5 Å². The summed E-state index contributed by atoms with van der Waals surface area (Å²) in [5.74, 6) is -0.914. The monoisotopic (exact) mass is 775 g/mol. The van der Waals surface area contributed by atoms with Crippen molar-refractivity contribution in [1.82, 2.24) is 29.8 Å². The molecule has 7 atom stereocenters. The van der Waals surface area contributed by atoms with Gasteiger partial charge in [0.15, 0.2) is 0 Å². The van der Waals surface area contributed by atoms with Gasteiger partial charge in [0, 0.05) is 39.1 Å². The minimum absolute atomic E-state index is 0.0724. The number of amides is 4. The number of likely N-dealkylation sites (N-methyl/N-ethyl adjacent to an activating group) is 2. The Balaban J connectivity index is 1.49. The molecule has 0 radical (unpaired) electrons. The zero-order valence-corrected chi connectivity index (χ0v) is 36.4. The van der Waals surface area contributed by atoms with E-state index >= 15 is 0 Å². The molecule has 55 heavy (non-hydrogen) atoms. The fraction of sp³-hybridized carbons (Fsp3) is 0.881. The first kappa shape index (κ1) is 44.9. The van der Waals surface area contributed by atoms with Crippen LogP contribution >= 0.6 is 0 Å². The minimum atomic E-state index is -0.787. The zero-order chi connectivity index (χ0) is 41.2. The summed E-state index contributed by atoms with van der Waals surface area (Å²) in [6.07, 6.45) is 5.58. The number of carbonyl (C=O) groups excluding carboxylic acids is 5. The minimum Gasteiger partial charge on any atom is -0.458 e. The van der Waals surface area contributed by atoms with Gasteiger partial charge in [-0.1, -0.05) is 41.0 Å². The standard InChI is InChI=1S/C42H74N6O7/c1-27(2)33(45(13)38(52)34(40(3,4)5)43-35(49)29-18-14-15-21-44(29)12)26-46-22-16-19-30(46)36(50)47-23-17-20-31(47)37(51)48-25-28(54-41(6,7)8)24-32(48)39(53)55-42(9,10)11/h27-34H,14-26H2,1-13H3,(H,43,49)/t28-,29?,30?,31+,32?,33?,34?/m1/s1. The average Bonchev–Trinajstić information content (AvgIpc) is 3.83. The second-order valence-corrected chi connectivity index (χ2v) is 20.0. The summed E-state index contributed by atoms with van der Waals surface area (Å²) in [7, 11) is 3.79. The summed E-state index contributed by atoms with van der Waals surface area (Å²) in [5.41, 5.74) is -1.68. The van der Waals surface area contributed by atoms with Crippen LogP contribution in [0.2, 0.25) is 0 Å². The van der Waals surface area contributed by atoms with Crippen LogP contribution in [0.5, 0.6) is 0 Å². The molecular weight excluding hydrogens is 700 g/mol. The van der Waals surface area contributed by atoms with Crippen molar-refractivity contribution in [2.75, 3.05) is 46.8 Å². The predicted octanol–water partition coefficient (Wildman–Crippen LogP) is 4.07. The first-order valence-electron chi connectivity index (χ1n) is 20.9. The Morgan fingerprint density at radius 3 is 1.93 bits per heavy atom. The molecule has 4 aliphatic rings. The van der Waals surface area contributed by atoms with Gasteiger partial charge >= 0.3 is 5.97 Å². The number of carbonyl (C=O) groups is 5. The van der Waals surface area contributed by atoms with E-state index in [9.17, 15) is 24.0 Å². The number of hydrogen-bond donors (Lipinski definition) is 1. The molecule has 0 aliphatic carbocycles. The third-order valence-corrected chi connectivity index (χ3v) is 11.7. The molecule has 4 rings (SSSR count). The molecule has 5 unspecified atom stereocenters. The molecular formula is C42H74N6O7. The van der Waals surface area contributed by atoms with E-state index in [1.807, 2.05) is 76.4 Å². The second-order valence-electron chi connectivity index (χ2n) is 20.0. The third-order valence-electron chi connectivity index (χ3n) is 11.7. The number of likely N-dealkylation sites (tertiary alicyclic amines) is 4. The van der Waals surface area contributed by atoms with Gasteiger partial charge in [0.25, 0.3) is 0 Å². The van der Waals surface area contributed by atoms with Crippen LogP contribution in [0.1, 0.15) is 128 Å². The molecule has 0 aromatic heterocycles. The molecule has 0 aromatic carbocycles. The van der Waals surface area contributed by atoms with Crippen LogP contribution < -0.4 is 5.32 Å². The Kier molecular flexibility index (Phi) is 14.5. The van der Waals surface area contributed by atoms with Crippen LogP contribution in [-0.2, 0) is 33.4 Å². The number of esters is 1. The SMILES string of the molecule is CC(C)C(CN1CCCC1C(=O)N1CCC[C@H]1C(=O)N1C[C@H](OC(C)(C)C)CC1C(=O)OC(C)(C)C)N(C)C(=O)C(NC(=O)C1CCCCN1C)C(C)(C)C. The van der Waals surface area contributed by atoms with Gasteiger partial charge in [-0.05, 0) is 112 Å². The highest BCUT2D eigenvalue weighted by molar-refractivity contribution is 5.93. The van der Waals surface area contributed by atoms with E-state index in [1.165, 1.54) is 0 Å². The van der Waals surface area contributed by atoms with Crippen molar-refractivity contribution >= 4 is 29.6 Å². The molecule has 1 N–H and O–H groups in total. The highest BCUT2D eigenvalue weighted by Gasteiger charge is 2.49. The fourth-order valence-corrected chi connectivity index (χ4v) is 8.90. The van der Waals surface area contributed by atoms with Gasteiger partial charge in [0.1, 0.15) is 23.7 Å². The van der Waals surface area contributed by atoms with Crippen LogP contribution in [0.3, 0.4) is 0 Å². The average molecular weight is 775 g/mol. The first-order chi connectivity index (χ1) is 25.4. The Hall–Kier alpha value is -2.77. The topological polar surface area (TPSA) is 132 Å². The van der Waals surface area contributed by atoms with Gasteiger partial charge in [-0.15, -0.1) is 0 Å². The van der Waals surface area contributed by atoms with E-state index in [0.717, 1.165) is 32.2 Å². The highest BCUT2D eigenvalue weighted by Crippen LogP contribution is 2.32. The van der Waals surface area contributed by atoms with Gasteiger partial charge in [-0.25, -0.2) is 4.79 Å². The van der Waals surface area contributed by atoms with Crippen LogP contribution in [0.25, 0.3) is 0 Å². The molecule has 0 saturated carbocycles.